The summed E-state index contributed by atoms with van der Waals surface area (Å²) in [5.41, 5.74) is 0.999. The zero-order valence-electron chi connectivity index (χ0n) is 14.4. The second kappa shape index (κ2) is 6.80. The predicted octanol–water partition coefficient (Wildman–Crippen LogP) is 2.49. The molecule has 8 nitrogen and oxygen atoms in total. The van der Waals surface area contributed by atoms with E-state index in [2.05, 4.69) is 5.16 Å². The average molecular weight is 408 g/mol. The molecule has 3 aromatic rings. The first-order valence-electron chi connectivity index (χ1n) is 7.63. The molecule has 3 rings (SSSR count). The topological polar surface area (TPSA) is 130 Å². The molecule has 0 saturated heterocycles. The average Bonchev–Trinajstić information content (AvgIpc) is 2.95. The van der Waals surface area contributed by atoms with E-state index in [0.717, 1.165) is 6.26 Å². The summed E-state index contributed by atoms with van der Waals surface area (Å²) in [6, 6.07) is 11.7. The molecule has 142 valence electrons. The number of rotatable bonds is 5. The fourth-order valence-electron chi connectivity index (χ4n) is 2.34. The maximum Gasteiger partial charge on any atom is 0.238 e. The number of nitrogens with two attached hydrogens (primary N) is 1. The largest absolute Gasteiger partial charge is 0.451 e. The molecule has 2 N–H and O–H groups in total. The van der Waals surface area contributed by atoms with Crippen molar-refractivity contribution in [2.24, 2.45) is 5.14 Å². The monoisotopic (exact) mass is 408 g/mol. The molecule has 1 heterocycles. The number of sulfonamides is 1. The molecule has 0 aliphatic carbocycles. The normalized spacial score (nSPS) is 12.1. The summed E-state index contributed by atoms with van der Waals surface area (Å²) in [7, 11) is -7.10. The van der Waals surface area contributed by atoms with E-state index < -0.39 is 19.9 Å². The van der Waals surface area contributed by atoms with E-state index in [1.54, 1.807) is 19.1 Å². The van der Waals surface area contributed by atoms with E-state index in [-0.39, 0.29) is 9.79 Å². The molecule has 0 unspecified atom stereocenters. The van der Waals surface area contributed by atoms with Gasteiger partial charge in [-0.2, -0.15) is 0 Å². The molecule has 2 aromatic carbocycles. The number of sulfone groups is 1. The third-order valence-electron chi connectivity index (χ3n) is 3.74. The highest BCUT2D eigenvalue weighted by Gasteiger charge is 2.18. The zero-order valence-corrected chi connectivity index (χ0v) is 16.0. The van der Waals surface area contributed by atoms with Gasteiger partial charge in [-0.1, -0.05) is 17.3 Å². The van der Waals surface area contributed by atoms with Crippen LogP contribution < -0.4 is 9.88 Å². The van der Waals surface area contributed by atoms with Gasteiger partial charge in [0.05, 0.1) is 9.79 Å². The van der Waals surface area contributed by atoms with Gasteiger partial charge in [-0.15, -0.1) is 0 Å². The smallest absolute Gasteiger partial charge is 0.238 e. The first-order chi connectivity index (χ1) is 12.6. The molecule has 0 aliphatic rings. The molecular weight excluding hydrogens is 392 g/mol. The zero-order chi connectivity index (χ0) is 19.8. The summed E-state index contributed by atoms with van der Waals surface area (Å²) < 4.78 is 56.8. The summed E-state index contributed by atoms with van der Waals surface area (Å²) in [5.74, 6) is 1.11. The molecule has 0 spiro atoms. The third kappa shape index (κ3) is 4.18. The summed E-state index contributed by atoms with van der Waals surface area (Å²) in [6.07, 6.45) is 1.13. The molecule has 0 amide bonds. The summed E-state index contributed by atoms with van der Waals surface area (Å²) in [4.78, 5) is 0.154. The van der Waals surface area contributed by atoms with E-state index in [9.17, 15) is 16.8 Å². The van der Waals surface area contributed by atoms with Crippen molar-refractivity contribution in [3.05, 3.63) is 54.3 Å². The highest BCUT2D eigenvalue weighted by molar-refractivity contribution is 7.90. The molecule has 1 aromatic heterocycles. The van der Waals surface area contributed by atoms with E-state index in [1.165, 1.54) is 36.4 Å². The van der Waals surface area contributed by atoms with Crippen LogP contribution in [0.5, 0.6) is 11.5 Å². The number of aryl methyl sites for hydroxylation is 1. The van der Waals surface area contributed by atoms with Gasteiger partial charge in [0.15, 0.2) is 27.0 Å². The molecule has 0 bridgehead atoms. The van der Waals surface area contributed by atoms with Crippen molar-refractivity contribution in [2.75, 3.05) is 6.26 Å². The van der Waals surface area contributed by atoms with Gasteiger partial charge < -0.3 is 9.26 Å². The summed E-state index contributed by atoms with van der Waals surface area (Å²) >= 11 is 0. The second-order valence-electron chi connectivity index (χ2n) is 5.83. The van der Waals surface area contributed by atoms with Crippen molar-refractivity contribution < 1.29 is 26.1 Å². The Hall–Kier alpha value is -2.69. The Labute approximate surface area is 156 Å². The van der Waals surface area contributed by atoms with Crippen LogP contribution in [0.25, 0.3) is 11.3 Å². The lowest BCUT2D eigenvalue weighted by Crippen LogP contribution is -2.11. The van der Waals surface area contributed by atoms with Gasteiger partial charge in [0, 0.05) is 18.7 Å². The fourth-order valence-corrected chi connectivity index (χ4v) is 3.49. The molecule has 10 heteroatoms. The van der Waals surface area contributed by atoms with Crippen molar-refractivity contribution >= 4 is 19.9 Å². The predicted molar refractivity (Wildman–Crippen MR) is 97.7 cm³/mol. The first kappa shape index (κ1) is 19.1. The second-order valence-corrected chi connectivity index (χ2v) is 9.41. The highest BCUT2D eigenvalue weighted by Crippen LogP contribution is 2.36. The van der Waals surface area contributed by atoms with Gasteiger partial charge in [0.2, 0.25) is 10.0 Å². The molecular formula is C17H16N2O6S2. The Bertz CT molecular complexity index is 1180. The molecule has 0 radical (unpaired) electrons. The highest BCUT2D eigenvalue weighted by atomic mass is 32.2. The Morgan fingerprint density at radius 1 is 0.926 bits per heavy atom. The van der Waals surface area contributed by atoms with Crippen molar-refractivity contribution in [3.63, 3.8) is 0 Å². The minimum absolute atomic E-state index is 0.0338. The number of primary sulfonamides is 1. The summed E-state index contributed by atoms with van der Waals surface area (Å²) in [5, 5.41) is 9.04. The van der Waals surface area contributed by atoms with Crippen LogP contribution in [0.2, 0.25) is 0 Å². The quantitative estimate of drug-likeness (QED) is 0.686. The van der Waals surface area contributed by atoms with Crippen molar-refractivity contribution in [3.8, 4) is 22.8 Å². The Balaban J connectivity index is 1.93. The maximum absolute atomic E-state index is 11.6. The Morgan fingerprint density at radius 3 is 2.00 bits per heavy atom. The number of hydrogen-bond donors (Lipinski definition) is 1. The molecule has 0 aliphatic heterocycles. The Morgan fingerprint density at radius 2 is 1.48 bits per heavy atom. The van der Waals surface area contributed by atoms with Crippen LogP contribution in [-0.4, -0.2) is 28.2 Å². The van der Waals surface area contributed by atoms with Crippen molar-refractivity contribution in [1.29, 1.82) is 0 Å². The van der Waals surface area contributed by atoms with Crippen LogP contribution in [0.1, 0.15) is 5.76 Å². The van der Waals surface area contributed by atoms with E-state index in [1.807, 2.05) is 0 Å². The number of ether oxygens (including phenoxy) is 1. The molecule has 27 heavy (non-hydrogen) atoms. The number of hydrogen-bond acceptors (Lipinski definition) is 7. The maximum atomic E-state index is 11.6. The molecule has 0 fully saturated rings. The Kier molecular flexibility index (Phi) is 4.81. The van der Waals surface area contributed by atoms with Crippen molar-refractivity contribution in [1.82, 2.24) is 5.16 Å². The van der Waals surface area contributed by atoms with Crippen LogP contribution in [0, 0.1) is 6.92 Å². The fraction of sp³-hybridized carbons (Fsp3) is 0.118. The lowest BCUT2D eigenvalue weighted by atomic mass is 10.1. The molecule has 0 saturated carbocycles. The van der Waals surface area contributed by atoms with E-state index in [4.69, 9.17) is 14.4 Å². The molecule has 0 atom stereocenters. The SMILES string of the molecule is Cc1onc(-c2ccc(S(C)(=O)=O)cc2)c1Oc1ccc(S(N)(=O)=O)cc1. The lowest BCUT2D eigenvalue weighted by Gasteiger charge is -2.07. The number of aromatic nitrogens is 1. The van der Waals surface area contributed by atoms with Gasteiger partial charge in [0.1, 0.15) is 5.75 Å². The number of nitrogens with zero attached hydrogens (tertiary/aromatic N) is 1. The van der Waals surface area contributed by atoms with Gasteiger partial charge >= 0.3 is 0 Å². The standard InChI is InChI=1S/C17H16N2O6S2/c1-11-17(24-13-5-9-15(10-6-13)27(18,22)23)16(19-25-11)12-3-7-14(8-4-12)26(2,20)21/h3-10H,1-2H3,(H2,18,22,23). The van der Waals surface area contributed by atoms with Crippen molar-refractivity contribution in [2.45, 2.75) is 16.7 Å². The van der Waals surface area contributed by atoms with Gasteiger partial charge in [-0.3, -0.25) is 0 Å². The van der Waals surface area contributed by atoms with Crippen LogP contribution in [0.4, 0.5) is 0 Å². The van der Waals surface area contributed by atoms with Crippen LogP contribution in [-0.2, 0) is 19.9 Å². The first-order valence-corrected chi connectivity index (χ1v) is 11.1. The van der Waals surface area contributed by atoms with Crippen LogP contribution in [0.15, 0.2) is 62.8 Å². The lowest BCUT2D eigenvalue weighted by molar-refractivity contribution is 0.386. The van der Waals surface area contributed by atoms with Crippen LogP contribution >= 0.6 is 0 Å². The third-order valence-corrected chi connectivity index (χ3v) is 5.79. The minimum atomic E-state index is -3.79. The number of benzene rings is 2. The van der Waals surface area contributed by atoms with Gasteiger partial charge in [-0.05, 0) is 36.4 Å². The summed E-state index contributed by atoms with van der Waals surface area (Å²) in [6.45, 7) is 1.66. The van der Waals surface area contributed by atoms with E-state index >= 15 is 0 Å². The van der Waals surface area contributed by atoms with Gasteiger partial charge in [0.25, 0.3) is 0 Å². The minimum Gasteiger partial charge on any atom is -0.451 e. The van der Waals surface area contributed by atoms with E-state index in [0.29, 0.717) is 28.5 Å². The van der Waals surface area contributed by atoms with Gasteiger partial charge in [-0.25, -0.2) is 22.0 Å². The van der Waals surface area contributed by atoms with Crippen LogP contribution in [0.3, 0.4) is 0 Å².